The van der Waals surface area contributed by atoms with Gasteiger partial charge in [0.15, 0.2) is 5.82 Å². The van der Waals surface area contributed by atoms with Crippen LogP contribution in [0.15, 0.2) is 53.1 Å². The maximum absolute atomic E-state index is 14.0. The molecule has 2 heterocycles. The molecule has 4 unspecified atom stereocenters. The van der Waals surface area contributed by atoms with E-state index in [0.29, 0.717) is 40.5 Å². The number of carbonyl (C=O) groups is 2. The van der Waals surface area contributed by atoms with Gasteiger partial charge < -0.3 is 14.5 Å². The number of piperidine rings is 1. The highest BCUT2D eigenvalue weighted by molar-refractivity contribution is 6.30. The van der Waals surface area contributed by atoms with Crippen LogP contribution in [0, 0.1) is 5.92 Å². The fraction of sp³-hybridized carbons (Fsp3) is 0.407. The molecule has 1 aromatic heterocycles. The van der Waals surface area contributed by atoms with Crippen LogP contribution in [-0.2, 0) is 9.59 Å². The van der Waals surface area contributed by atoms with Gasteiger partial charge in [-0.15, -0.1) is 0 Å². The van der Waals surface area contributed by atoms with Gasteiger partial charge in [-0.05, 0) is 61.1 Å². The van der Waals surface area contributed by atoms with Crippen LogP contribution in [0.5, 0.6) is 0 Å². The number of hydrogen-bond acceptors (Lipinski definition) is 5. The number of aromatic nitrogens is 2. The van der Waals surface area contributed by atoms with E-state index in [1.54, 1.807) is 23.1 Å². The summed E-state index contributed by atoms with van der Waals surface area (Å²) >= 11 is 12.6. The lowest BCUT2D eigenvalue weighted by molar-refractivity contribution is -0.153. The Bertz CT molecular complexity index is 1260. The predicted octanol–water partition coefficient (Wildman–Crippen LogP) is 6.55. The van der Waals surface area contributed by atoms with E-state index in [0.717, 1.165) is 24.0 Å². The van der Waals surface area contributed by atoms with E-state index in [1.165, 1.54) is 0 Å². The molecular weight excluding hydrogens is 501 g/mol. The maximum atomic E-state index is 14.0. The average Bonchev–Trinajstić information content (AvgIpc) is 3.59. The minimum Gasteiger partial charge on any atom is -0.481 e. The van der Waals surface area contributed by atoms with E-state index in [-0.39, 0.29) is 18.2 Å². The number of carboxylic acid groups (broad SMARTS) is 1. The number of nitrogens with zero attached hydrogens (tertiary/aromatic N) is 3. The van der Waals surface area contributed by atoms with Gasteiger partial charge in [-0.1, -0.05) is 59.5 Å². The van der Waals surface area contributed by atoms with Crippen LogP contribution in [-0.4, -0.2) is 32.0 Å². The first-order valence-electron chi connectivity index (χ1n) is 12.2. The van der Waals surface area contributed by atoms with Crippen molar-refractivity contribution in [2.24, 2.45) is 5.92 Å². The zero-order valence-electron chi connectivity index (χ0n) is 19.8. The first kappa shape index (κ1) is 24.8. The van der Waals surface area contributed by atoms with Gasteiger partial charge in [0.25, 0.3) is 0 Å². The van der Waals surface area contributed by atoms with Gasteiger partial charge >= 0.3 is 5.97 Å². The van der Waals surface area contributed by atoms with Gasteiger partial charge in [0.1, 0.15) is 6.04 Å². The molecule has 9 heteroatoms. The molecule has 1 saturated heterocycles. The van der Waals surface area contributed by atoms with Crippen LogP contribution < -0.4 is 0 Å². The molecule has 4 atom stereocenters. The van der Waals surface area contributed by atoms with Crippen LogP contribution in [0.25, 0.3) is 0 Å². The number of likely N-dealkylation sites (tertiary alicyclic amines) is 1. The Morgan fingerprint density at radius 1 is 1.14 bits per heavy atom. The van der Waals surface area contributed by atoms with Crippen LogP contribution >= 0.6 is 23.2 Å². The first-order valence-corrected chi connectivity index (χ1v) is 13.0. The molecular formula is C27H27Cl2N3O4. The molecule has 0 bridgehead atoms. The molecule has 0 spiro atoms. The molecule has 1 aliphatic carbocycles. The average molecular weight is 528 g/mol. The number of benzene rings is 2. The van der Waals surface area contributed by atoms with Crippen molar-refractivity contribution in [1.29, 1.82) is 0 Å². The van der Waals surface area contributed by atoms with Crippen molar-refractivity contribution < 1.29 is 19.2 Å². The van der Waals surface area contributed by atoms with Crippen LogP contribution in [0.3, 0.4) is 0 Å². The van der Waals surface area contributed by atoms with E-state index in [1.807, 2.05) is 37.3 Å². The maximum Gasteiger partial charge on any atom is 0.304 e. The van der Waals surface area contributed by atoms with Crippen molar-refractivity contribution in [3.8, 4) is 0 Å². The smallest absolute Gasteiger partial charge is 0.304 e. The standard InChI is InChI=1S/C27H27Cl2N3O4/c1-2-22(26-30-25(31-36-26)16-6-7-16)32-24(15-8-10-19(28)11-9-15)21(17-4-3-5-20(29)12-17)13-18(27(32)35)14-23(33)34/h3-5,8-12,16,18,21-22,24H,2,6-7,13-14H2,1H3,(H,33,34). The van der Waals surface area contributed by atoms with E-state index < -0.39 is 24.0 Å². The summed E-state index contributed by atoms with van der Waals surface area (Å²) in [6, 6.07) is 14.1. The van der Waals surface area contributed by atoms with E-state index in [2.05, 4.69) is 10.1 Å². The molecule has 1 aliphatic heterocycles. The summed E-state index contributed by atoms with van der Waals surface area (Å²) in [7, 11) is 0. The van der Waals surface area contributed by atoms with Gasteiger partial charge in [0.2, 0.25) is 11.8 Å². The highest BCUT2D eigenvalue weighted by Gasteiger charge is 2.47. The van der Waals surface area contributed by atoms with Crippen molar-refractivity contribution in [1.82, 2.24) is 15.0 Å². The minimum atomic E-state index is -1.01. The Morgan fingerprint density at radius 2 is 1.89 bits per heavy atom. The number of amides is 1. The zero-order valence-corrected chi connectivity index (χ0v) is 21.3. The topological polar surface area (TPSA) is 96.5 Å². The fourth-order valence-corrected chi connectivity index (χ4v) is 5.62. The lowest BCUT2D eigenvalue weighted by Crippen LogP contribution is -2.49. The number of aliphatic carboxylic acids is 1. The number of rotatable bonds is 8. The first-order chi connectivity index (χ1) is 17.4. The Morgan fingerprint density at radius 3 is 2.53 bits per heavy atom. The predicted molar refractivity (Wildman–Crippen MR) is 135 cm³/mol. The molecule has 188 valence electrons. The Hall–Kier alpha value is -2.90. The van der Waals surface area contributed by atoms with E-state index >= 15 is 0 Å². The normalized spacial score (nSPS) is 23.0. The summed E-state index contributed by atoms with van der Waals surface area (Å²) in [4.78, 5) is 32.2. The summed E-state index contributed by atoms with van der Waals surface area (Å²) < 4.78 is 5.69. The summed E-state index contributed by atoms with van der Waals surface area (Å²) in [6.45, 7) is 1.97. The Balaban J connectivity index is 1.65. The second kappa shape index (κ2) is 10.2. The molecule has 1 saturated carbocycles. The summed E-state index contributed by atoms with van der Waals surface area (Å²) in [5.74, 6) is -0.777. The third kappa shape index (κ3) is 5.00. The molecule has 1 amide bonds. The van der Waals surface area contributed by atoms with Crippen molar-refractivity contribution in [3.05, 3.63) is 81.4 Å². The highest BCUT2D eigenvalue weighted by atomic mass is 35.5. The molecule has 2 aromatic carbocycles. The van der Waals surface area contributed by atoms with Gasteiger partial charge in [0, 0.05) is 27.8 Å². The monoisotopic (exact) mass is 527 g/mol. The SMILES string of the molecule is CCC(c1nc(C2CC2)no1)N1C(=O)C(CC(=O)O)CC(c2cccc(Cl)c2)C1c1ccc(Cl)cc1. The zero-order chi connectivity index (χ0) is 25.4. The molecule has 1 N–H and O–H groups in total. The molecule has 3 aromatic rings. The third-order valence-electron chi connectivity index (χ3n) is 7.14. The van der Waals surface area contributed by atoms with Gasteiger partial charge in [-0.3, -0.25) is 9.59 Å². The summed E-state index contributed by atoms with van der Waals surface area (Å²) in [5.41, 5.74) is 1.83. The molecule has 5 rings (SSSR count). The second-order valence-corrected chi connectivity index (χ2v) is 10.5. The lowest BCUT2D eigenvalue weighted by Gasteiger charge is -2.47. The number of halogens is 2. The molecule has 36 heavy (non-hydrogen) atoms. The van der Waals surface area contributed by atoms with Gasteiger partial charge in [-0.25, -0.2) is 0 Å². The Kier molecular flexibility index (Phi) is 7.04. The summed E-state index contributed by atoms with van der Waals surface area (Å²) in [5, 5.41) is 15.0. The van der Waals surface area contributed by atoms with Crippen molar-refractivity contribution >= 4 is 35.1 Å². The quantitative estimate of drug-likeness (QED) is 0.356. The molecule has 2 fully saturated rings. The second-order valence-electron chi connectivity index (χ2n) is 9.62. The number of carbonyl (C=O) groups excluding carboxylic acids is 1. The number of carboxylic acids is 1. The van der Waals surface area contributed by atoms with Crippen LogP contribution in [0.1, 0.15) is 85.8 Å². The van der Waals surface area contributed by atoms with Crippen molar-refractivity contribution in [2.75, 3.05) is 0 Å². The van der Waals surface area contributed by atoms with E-state index in [9.17, 15) is 14.7 Å². The highest BCUT2D eigenvalue weighted by Crippen LogP contribution is 2.50. The third-order valence-corrected chi connectivity index (χ3v) is 7.63. The molecule has 0 radical (unpaired) electrons. The minimum absolute atomic E-state index is 0.202. The van der Waals surface area contributed by atoms with E-state index in [4.69, 9.17) is 27.7 Å². The van der Waals surface area contributed by atoms with Gasteiger partial charge in [0.05, 0.1) is 12.5 Å². The number of hydrogen-bond donors (Lipinski definition) is 1. The van der Waals surface area contributed by atoms with Crippen molar-refractivity contribution in [2.45, 2.75) is 62.9 Å². The van der Waals surface area contributed by atoms with Crippen LogP contribution in [0.4, 0.5) is 0 Å². The molecule has 7 nitrogen and oxygen atoms in total. The Labute approximate surface area is 219 Å². The fourth-order valence-electron chi connectivity index (χ4n) is 5.30. The van der Waals surface area contributed by atoms with Gasteiger partial charge in [-0.2, -0.15) is 4.98 Å². The molecule has 2 aliphatic rings. The largest absolute Gasteiger partial charge is 0.481 e. The summed E-state index contributed by atoms with van der Waals surface area (Å²) in [6.07, 6.45) is 2.72. The lowest BCUT2D eigenvalue weighted by atomic mass is 9.74. The van der Waals surface area contributed by atoms with Crippen LogP contribution in [0.2, 0.25) is 10.0 Å². The van der Waals surface area contributed by atoms with Crippen molar-refractivity contribution in [3.63, 3.8) is 0 Å².